The van der Waals surface area contributed by atoms with Gasteiger partial charge in [-0.25, -0.2) is 10.3 Å². The van der Waals surface area contributed by atoms with Crippen molar-refractivity contribution in [2.75, 3.05) is 5.32 Å². The van der Waals surface area contributed by atoms with E-state index in [1.54, 1.807) is 43.3 Å². The predicted octanol–water partition coefficient (Wildman–Crippen LogP) is 3.98. The fraction of sp³-hybridized carbons (Fsp3) is 0.158. The maximum atomic E-state index is 12.3. The molecule has 0 aliphatic carbocycles. The van der Waals surface area contributed by atoms with Crippen LogP contribution in [0.5, 0.6) is 5.75 Å². The summed E-state index contributed by atoms with van der Waals surface area (Å²) >= 11 is 2.09. The minimum atomic E-state index is -0.855. The van der Waals surface area contributed by atoms with Crippen LogP contribution in [0.15, 0.2) is 60.7 Å². The third-order valence-electron chi connectivity index (χ3n) is 3.69. The number of amides is 2. The van der Waals surface area contributed by atoms with Gasteiger partial charge in [0.05, 0.1) is 0 Å². The number of benzene rings is 2. The van der Waals surface area contributed by atoms with Crippen molar-refractivity contribution < 1.29 is 24.6 Å². The van der Waals surface area contributed by atoms with Crippen LogP contribution in [0.2, 0.25) is 0 Å². The van der Waals surface area contributed by atoms with E-state index >= 15 is 0 Å². The molecule has 0 unspecified atom stereocenters. The first kappa shape index (κ1) is 20.7. The van der Waals surface area contributed by atoms with Crippen LogP contribution in [0, 0.1) is 9.49 Å². The first-order valence-corrected chi connectivity index (χ1v) is 9.12. The van der Waals surface area contributed by atoms with Gasteiger partial charge in [-0.15, -0.1) is 0 Å². The Morgan fingerprint density at radius 3 is 2.56 bits per heavy atom. The summed E-state index contributed by atoms with van der Waals surface area (Å²) < 4.78 is 6.39. The van der Waals surface area contributed by atoms with Gasteiger partial charge in [-0.05, 0) is 52.9 Å². The van der Waals surface area contributed by atoms with E-state index in [1.165, 1.54) is 17.6 Å². The van der Waals surface area contributed by atoms with Crippen LogP contribution in [0.1, 0.15) is 18.6 Å². The summed E-state index contributed by atoms with van der Waals surface area (Å²) in [5, 5.41) is 21.4. The number of halogens is 1. The Balaban J connectivity index is 2.26. The number of para-hydroxylation sites is 1. The van der Waals surface area contributed by atoms with Gasteiger partial charge in [0.1, 0.15) is 11.9 Å². The van der Waals surface area contributed by atoms with Gasteiger partial charge in [0.2, 0.25) is 0 Å². The van der Waals surface area contributed by atoms with E-state index in [-0.39, 0.29) is 5.75 Å². The van der Waals surface area contributed by atoms with Crippen molar-refractivity contribution >= 4 is 40.3 Å². The number of hydrogen-bond donors (Lipinski definition) is 4. The molecule has 0 saturated carbocycles. The lowest BCUT2D eigenvalue weighted by atomic mass is 9.96. The summed E-state index contributed by atoms with van der Waals surface area (Å²) in [5.41, 5.74) is 2.47. The third-order valence-corrected chi connectivity index (χ3v) is 4.36. The molecule has 2 amide bonds. The molecular weight excluding hydrogens is 463 g/mol. The third kappa shape index (κ3) is 6.26. The molecule has 0 saturated heterocycles. The molecule has 2 atom stereocenters. The molecule has 0 bridgehead atoms. The normalized spacial score (nSPS) is 13.0. The summed E-state index contributed by atoms with van der Waals surface area (Å²) in [4.78, 5) is 23.6. The molecule has 7 nitrogen and oxygen atoms in total. The number of ether oxygens (including phenoxy) is 1. The highest BCUT2D eigenvalue weighted by Crippen LogP contribution is 2.34. The molecule has 2 rings (SSSR count). The predicted molar refractivity (Wildman–Crippen MR) is 108 cm³/mol. The van der Waals surface area contributed by atoms with Gasteiger partial charge < -0.3 is 9.84 Å². The highest BCUT2D eigenvalue weighted by Gasteiger charge is 2.25. The molecule has 27 heavy (non-hydrogen) atoms. The number of carbonyl (C=O) groups excluding carboxylic acids is 2. The fourth-order valence-electron chi connectivity index (χ4n) is 2.37. The van der Waals surface area contributed by atoms with Crippen molar-refractivity contribution in [2.24, 2.45) is 5.92 Å². The molecule has 0 radical (unpaired) electrons. The zero-order chi connectivity index (χ0) is 19.8. The second-order valence-corrected chi connectivity index (χ2v) is 6.96. The average molecular weight is 482 g/mol. The lowest BCUT2D eigenvalue weighted by Crippen LogP contribution is -2.22. The summed E-state index contributed by atoms with van der Waals surface area (Å²) in [6, 6.07) is 13.7. The van der Waals surface area contributed by atoms with Gasteiger partial charge in [-0.3, -0.25) is 15.3 Å². The number of hydrogen-bond acceptors (Lipinski definition) is 5. The number of carbonyl (C=O) groups is 2. The van der Waals surface area contributed by atoms with E-state index in [0.717, 1.165) is 9.65 Å². The van der Waals surface area contributed by atoms with Crippen LogP contribution in [0.4, 0.5) is 10.5 Å². The first-order chi connectivity index (χ1) is 12.9. The number of nitrogens with one attached hydrogen (secondary N) is 2. The van der Waals surface area contributed by atoms with Crippen LogP contribution in [-0.2, 0) is 9.53 Å². The number of rotatable bonds is 6. The zero-order valence-corrected chi connectivity index (χ0v) is 16.6. The number of hydroxylamine groups is 1. The molecule has 2 aromatic carbocycles. The minimum absolute atomic E-state index is 0.0280. The molecule has 0 spiro atoms. The molecular formula is C19H19IN2O5. The van der Waals surface area contributed by atoms with E-state index in [2.05, 4.69) is 27.9 Å². The van der Waals surface area contributed by atoms with Gasteiger partial charge in [0, 0.05) is 26.8 Å². The number of phenols is 1. The van der Waals surface area contributed by atoms with Gasteiger partial charge in [-0.1, -0.05) is 31.2 Å². The monoisotopic (exact) mass is 482 g/mol. The van der Waals surface area contributed by atoms with Gasteiger partial charge in [0.15, 0.2) is 0 Å². The van der Waals surface area contributed by atoms with Gasteiger partial charge in [0.25, 0.3) is 5.91 Å². The largest absolute Gasteiger partial charge is 0.508 e. The van der Waals surface area contributed by atoms with Crippen LogP contribution in [0.25, 0.3) is 0 Å². The standard InChI is InChI=1S/C19H19IN2O5/c1-12(7-10-17(24)22-26)18(15-11-13(20)8-9-16(15)23)27-19(25)21-14-5-3-2-4-6-14/h2-12,18,23,26H,1H3,(H,21,25)(H,22,24)/b10-7+/t12-,18+/m1/s1. The van der Waals surface area contributed by atoms with Crippen molar-refractivity contribution in [1.29, 1.82) is 0 Å². The molecule has 0 fully saturated rings. The number of phenolic OH excluding ortho intramolecular Hbond substituents is 1. The summed E-state index contributed by atoms with van der Waals surface area (Å²) in [6.45, 7) is 1.72. The second kappa shape index (κ2) is 9.93. The SMILES string of the molecule is C[C@H](/C=C/C(=O)NO)[C@H](OC(=O)Nc1ccccc1)c1cc(I)ccc1O. The average Bonchev–Trinajstić information content (AvgIpc) is 2.66. The van der Waals surface area contributed by atoms with Crippen molar-refractivity contribution in [3.05, 3.63) is 69.8 Å². The lowest BCUT2D eigenvalue weighted by molar-refractivity contribution is -0.124. The van der Waals surface area contributed by atoms with Crippen molar-refractivity contribution in [1.82, 2.24) is 5.48 Å². The van der Waals surface area contributed by atoms with E-state index in [0.29, 0.717) is 11.3 Å². The van der Waals surface area contributed by atoms with Crippen LogP contribution >= 0.6 is 22.6 Å². The fourth-order valence-corrected chi connectivity index (χ4v) is 2.88. The van der Waals surface area contributed by atoms with Crippen molar-refractivity contribution in [2.45, 2.75) is 13.0 Å². The van der Waals surface area contributed by atoms with E-state index < -0.39 is 24.0 Å². The second-order valence-electron chi connectivity index (χ2n) is 5.71. The highest BCUT2D eigenvalue weighted by molar-refractivity contribution is 14.1. The molecule has 0 aliphatic rings. The summed E-state index contributed by atoms with van der Waals surface area (Å²) in [6.07, 6.45) is 1.05. The van der Waals surface area contributed by atoms with Gasteiger partial charge >= 0.3 is 6.09 Å². The Morgan fingerprint density at radius 2 is 1.89 bits per heavy atom. The molecule has 8 heteroatoms. The molecule has 0 aromatic heterocycles. The Morgan fingerprint density at radius 1 is 1.19 bits per heavy atom. The van der Waals surface area contributed by atoms with E-state index in [4.69, 9.17) is 9.94 Å². The van der Waals surface area contributed by atoms with E-state index in [1.807, 2.05) is 6.07 Å². The van der Waals surface area contributed by atoms with Crippen LogP contribution in [0.3, 0.4) is 0 Å². The summed E-state index contributed by atoms with van der Waals surface area (Å²) in [5.74, 6) is -1.20. The van der Waals surface area contributed by atoms with Crippen molar-refractivity contribution in [3.63, 3.8) is 0 Å². The lowest BCUT2D eigenvalue weighted by Gasteiger charge is -2.23. The topological polar surface area (TPSA) is 108 Å². The highest BCUT2D eigenvalue weighted by atomic mass is 127. The maximum absolute atomic E-state index is 12.3. The Hall–Kier alpha value is -2.59. The summed E-state index contributed by atoms with van der Waals surface area (Å²) in [7, 11) is 0. The smallest absolute Gasteiger partial charge is 0.412 e. The molecule has 0 heterocycles. The quantitative estimate of drug-likeness (QED) is 0.216. The number of anilines is 1. The zero-order valence-electron chi connectivity index (χ0n) is 14.4. The Labute approximate surface area is 170 Å². The number of aromatic hydroxyl groups is 1. The van der Waals surface area contributed by atoms with Gasteiger partial charge in [-0.2, -0.15) is 0 Å². The Kier molecular flexibility index (Phi) is 7.62. The minimum Gasteiger partial charge on any atom is -0.508 e. The Bertz CT molecular complexity index is 826. The van der Waals surface area contributed by atoms with Crippen molar-refractivity contribution in [3.8, 4) is 5.75 Å². The maximum Gasteiger partial charge on any atom is 0.412 e. The molecule has 2 aromatic rings. The first-order valence-electron chi connectivity index (χ1n) is 8.04. The molecule has 0 aliphatic heterocycles. The van der Waals surface area contributed by atoms with E-state index in [9.17, 15) is 14.7 Å². The van der Waals surface area contributed by atoms with Crippen LogP contribution < -0.4 is 10.8 Å². The van der Waals surface area contributed by atoms with Crippen LogP contribution in [-0.4, -0.2) is 22.3 Å². The molecule has 4 N–H and O–H groups in total. The molecule has 142 valence electrons.